The number of hydrogen-bond donors (Lipinski definition) is 1. The quantitative estimate of drug-likeness (QED) is 0.689. The summed E-state index contributed by atoms with van der Waals surface area (Å²) in [5.41, 5.74) is 4.27. The van der Waals surface area contributed by atoms with Gasteiger partial charge in [0.05, 0.1) is 25.0 Å². The largest absolute Gasteiger partial charge is 0.497 e. The van der Waals surface area contributed by atoms with Gasteiger partial charge in [-0.3, -0.25) is 4.79 Å². The zero-order valence-corrected chi connectivity index (χ0v) is 11.4. The van der Waals surface area contributed by atoms with Gasteiger partial charge in [0.1, 0.15) is 5.75 Å². The van der Waals surface area contributed by atoms with E-state index >= 15 is 0 Å². The third-order valence-electron chi connectivity index (χ3n) is 2.75. The van der Waals surface area contributed by atoms with Crippen LogP contribution in [0.1, 0.15) is 21.5 Å². The third-order valence-corrected chi connectivity index (χ3v) is 2.75. The number of hydrazone groups is 1. The first-order valence-electron chi connectivity index (χ1n) is 6.20. The number of nitrogens with one attached hydrogen (secondary N) is 1. The van der Waals surface area contributed by atoms with Crippen LogP contribution in [0.3, 0.4) is 0 Å². The zero-order valence-electron chi connectivity index (χ0n) is 11.4. The smallest absolute Gasteiger partial charge is 0.271 e. The molecule has 104 valence electrons. The van der Waals surface area contributed by atoms with Crippen molar-refractivity contribution in [3.05, 3.63) is 65.2 Å². The molecule has 0 radical (unpaired) electrons. The third kappa shape index (κ3) is 3.91. The van der Waals surface area contributed by atoms with Crippen LogP contribution in [0.2, 0.25) is 0 Å². The van der Waals surface area contributed by atoms with Gasteiger partial charge in [0, 0.05) is 5.56 Å². The molecular formula is C16H13N3O2. The number of hydrogen-bond acceptors (Lipinski definition) is 4. The monoisotopic (exact) mass is 279 g/mol. The summed E-state index contributed by atoms with van der Waals surface area (Å²) >= 11 is 0. The van der Waals surface area contributed by atoms with Gasteiger partial charge < -0.3 is 4.74 Å². The van der Waals surface area contributed by atoms with Gasteiger partial charge in [-0.05, 0) is 35.9 Å². The van der Waals surface area contributed by atoms with Crippen molar-refractivity contribution in [1.29, 1.82) is 5.26 Å². The zero-order chi connectivity index (χ0) is 15.1. The number of methoxy groups -OCH3 is 1. The van der Waals surface area contributed by atoms with E-state index in [4.69, 9.17) is 10.00 Å². The second-order valence-corrected chi connectivity index (χ2v) is 4.16. The Labute approximate surface area is 122 Å². The van der Waals surface area contributed by atoms with E-state index in [0.29, 0.717) is 16.9 Å². The van der Waals surface area contributed by atoms with Gasteiger partial charge in [0.15, 0.2) is 0 Å². The molecule has 0 aromatic heterocycles. The molecule has 21 heavy (non-hydrogen) atoms. The highest BCUT2D eigenvalue weighted by Crippen LogP contribution is 2.12. The van der Waals surface area contributed by atoms with Crippen molar-refractivity contribution in [3.63, 3.8) is 0 Å². The fourth-order valence-electron chi connectivity index (χ4n) is 1.64. The van der Waals surface area contributed by atoms with Crippen LogP contribution in [0.25, 0.3) is 0 Å². The van der Waals surface area contributed by atoms with Gasteiger partial charge in [-0.25, -0.2) is 5.43 Å². The summed E-state index contributed by atoms with van der Waals surface area (Å²) in [4.78, 5) is 11.9. The lowest BCUT2D eigenvalue weighted by atomic mass is 10.2. The summed E-state index contributed by atoms with van der Waals surface area (Å²) in [7, 11) is 1.54. The van der Waals surface area contributed by atoms with E-state index < -0.39 is 0 Å². The first-order valence-corrected chi connectivity index (χ1v) is 6.20. The van der Waals surface area contributed by atoms with Gasteiger partial charge in [-0.1, -0.05) is 18.2 Å². The molecule has 5 heteroatoms. The Hall–Kier alpha value is -3.13. The summed E-state index contributed by atoms with van der Waals surface area (Å²) in [5.74, 6) is 0.289. The minimum Gasteiger partial charge on any atom is -0.497 e. The highest BCUT2D eigenvalue weighted by molar-refractivity contribution is 5.95. The van der Waals surface area contributed by atoms with Crippen molar-refractivity contribution in [2.45, 2.75) is 0 Å². The molecule has 0 atom stereocenters. The molecule has 2 rings (SSSR count). The Morgan fingerprint density at radius 3 is 2.71 bits per heavy atom. The predicted octanol–water partition coefficient (Wildman–Crippen LogP) is 2.33. The van der Waals surface area contributed by atoms with Crippen molar-refractivity contribution < 1.29 is 9.53 Å². The normalized spacial score (nSPS) is 10.1. The second kappa shape index (κ2) is 6.87. The van der Waals surface area contributed by atoms with Crippen LogP contribution >= 0.6 is 0 Å². The van der Waals surface area contributed by atoms with Crippen LogP contribution in [0.4, 0.5) is 0 Å². The molecule has 0 fully saturated rings. The SMILES string of the molecule is COc1cccc(C(=O)N/N=C\c2ccc(C#N)cc2)c1. The second-order valence-electron chi connectivity index (χ2n) is 4.16. The minimum absolute atomic E-state index is 0.321. The van der Waals surface area contributed by atoms with Crippen LogP contribution in [0.15, 0.2) is 53.6 Å². The molecule has 2 aromatic carbocycles. The van der Waals surface area contributed by atoms with Gasteiger partial charge in [0.2, 0.25) is 0 Å². The Kier molecular flexibility index (Phi) is 4.67. The molecule has 0 aliphatic heterocycles. The topological polar surface area (TPSA) is 74.5 Å². The summed E-state index contributed by atoms with van der Waals surface area (Å²) in [6.07, 6.45) is 1.51. The lowest BCUT2D eigenvalue weighted by molar-refractivity contribution is 0.0955. The van der Waals surface area contributed by atoms with E-state index in [1.807, 2.05) is 6.07 Å². The molecule has 2 aromatic rings. The highest BCUT2D eigenvalue weighted by Gasteiger charge is 2.04. The van der Waals surface area contributed by atoms with Gasteiger partial charge in [-0.15, -0.1) is 0 Å². The predicted molar refractivity (Wildman–Crippen MR) is 79.2 cm³/mol. The maximum absolute atomic E-state index is 11.9. The van der Waals surface area contributed by atoms with E-state index in [1.165, 1.54) is 6.21 Å². The van der Waals surface area contributed by atoms with E-state index in [2.05, 4.69) is 10.5 Å². The van der Waals surface area contributed by atoms with Crippen LogP contribution in [-0.4, -0.2) is 19.2 Å². The highest BCUT2D eigenvalue weighted by atomic mass is 16.5. The van der Waals surface area contributed by atoms with E-state index in [0.717, 1.165) is 5.56 Å². The van der Waals surface area contributed by atoms with Gasteiger partial charge >= 0.3 is 0 Å². The number of benzene rings is 2. The molecule has 5 nitrogen and oxygen atoms in total. The number of nitriles is 1. The summed E-state index contributed by atoms with van der Waals surface area (Å²) in [5, 5.41) is 12.6. The lowest BCUT2D eigenvalue weighted by Gasteiger charge is -2.02. The molecule has 0 bridgehead atoms. The Morgan fingerprint density at radius 1 is 1.29 bits per heavy atom. The molecule has 0 heterocycles. The molecule has 0 saturated carbocycles. The average Bonchev–Trinajstić information content (AvgIpc) is 2.55. The molecule has 0 saturated heterocycles. The Balaban J connectivity index is 1.99. The molecule has 1 amide bonds. The van der Waals surface area contributed by atoms with E-state index in [9.17, 15) is 4.79 Å². The number of nitrogens with zero attached hydrogens (tertiary/aromatic N) is 2. The summed E-state index contributed by atoms with van der Waals surface area (Å²) < 4.78 is 5.06. The van der Waals surface area contributed by atoms with E-state index in [-0.39, 0.29) is 5.91 Å². The maximum atomic E-state index is 11.9. The first kappa shape index (κ1) is 14.3. The molecule has 0 aliphatic carbocycles. The average molecular weight is 279 g/mol. The van der Waals surface area contributed by atoms with Crippen molar-refractivity contribution in [1.82, 2.24) is 5.43 Å². The first-order chi connectivity index (χ1) is 10.2. The van der Waals surface area contributed by atoms with E-state index in [1.54, 1.807) is 55.6 Å². The Bertz CT molecular complexity index is 700. The van der Waals surface area contributed by atoms with Crippen molar-refractivity contribution in [2.24, 2.45) is 5.10 Å². The Morgan fingerprint density at radius 2 is 2.05 bits per heavy atom. The number of amides is 1. The minimum atomic E-state index is -0.321. The number of carbonyl (C=O) groups excluding carboxylic acids is 1. The number of ether oxygens (including phenoxy) is 1. The maximum Gasteiger partial charge on any atom is 0.271 e. The van der Waals surface area contributed by atoms with Crippen molar-refractivity contribution >= 4 is 12.1 Å². The van der Waals surface area contributed by atoms with Gasteiger partial charge in [0.25, 0.3) is 5.91 Å². The fourth-order valence-corrected chi connectivity index (χ4v) is 1.64. The molecular weight excluding hydrogens is 266 g/mol. The molecule has 0 aliphatic rings. The van der Waals surface area contributed by atoms with Crippen LogP contribution in [-0.2, 0) is 0 Å². The van der Waals surface area contributed by atoms with Crippen molar-refractivity contribution in [2.75, 3.05) is 7.11 Å². The van der Waals surface area contributed by atoms with Crippen LogP contribution < -0.4 is 10.2 Å². The standard InChI is InChI=1S/C16H13N3O2/c1-21-15-4-2-3-14(9-15)16(20)19-18-11-13-7-5-12(10-17)6-8-13/h2-9,11H,1H3,(H,19,20)/b18-11-. The van der Waals surface area contributed by atoms with Crippen LogP contribution in [0, 0.1) is 11.3 Å². The number of rotatable bonds is 4. The molecule has 0 spiro atoms. The van der Waals surface area contributed by atoms with Crippen LogP contribution in [0.5, 0.6) is 5.75 Å². The fraction of sp³-hybridized carbons (Fsp3) is 0.0625. The number of carbonyl (C=O) groups is 1. The summed E-state index contributed by atoms with van der Waals surface area (Å²) in [6, 6.07) is 15.7. The van der Waals surface area contributed by atoms with Crippen molar-refractivity contribution in [3.8, 4) is 11.8 Å². The molecule has 1 N–H and O–H groups in total. The molecule has 0 unspecified atom stereocenters. The lowest BCUT2D eigenvalue weighted by Crippen LogP contribution is -2.17. The van der Waals surface area contributed by atoms with Gasteiger partial charge in [-0.2, -0.15) is 10.4 Å². The summed E-state index contributed by atoms with van der Waals surface area (Å²) in [6.45, 7) is 0.